The van der Waals surface area contributed by atoms with Crippen molar-refractivity contribution in [3.05, 3.63) is 56.6 Å². The molecule has 1 N–H and O–H groups in total. The second kappa shape index (κ2) is 6.63. The van der Waals surface area contributed by atoms with Gasteiger partial charge in [0, 0.05) is 13.1 Å². The second-order valence-electron chi connectivity index (χ2n) is 7.37. The molecule has 4 rings (SSSR count). The second-order valence-corrected chi connectivity index (χ2v) is 9.05. The van der Waals surface area contributed by atoms with Crippen molar-refractivity contribution in [3.8, 4) is 0 Å². The van der Waals surface area contributed by atoms with Crippen LogP contribution in [0.4, 0.5) is 4.39 Å². The van der Waals surface area contributed by atoms with E-state index in [0.717, 1.165) is 4.57 Å². The average molecular weight is 422 g/mol. The molecule has 2 aromatic heterocycles. The molecular weight excluding hydrogens is 403 g/mol. The van der Waals surface area contributed by atoms with Crippen LogP contribution in [0.2, 0.25) is 0 Å². The van der Waals surface area contributed by atoms with Crippen molar-refractivity contribution in [2.45, 2.75) is 36.7 Å². The third kappa shape index (κ3) is 3.40. The number of halogens is 1. The molecule has 11 heteroatoms. The number of sulfonamides is 1. The van der Waals surface area contributed by atoms with Gasteiger partial charge in [-0.05, 0) is 38.0 Å². The number of aryl methyl sites for hydroxylation is 2. The number of fused-ring (bicyclic) bond motifs is 1. The van der Waals surface area contributed by atoms with Gasteiger partial charge in [-0.25, -0.2) is 22.3 Å². The Morgan fingerprint density at radius 2 is 2.00 bits per heavy atom. The van der Waals surface area contributed by atoms with E-state index in [-0.39, 0.29) is 22.3 Å². The molecule has 1 aromatic carbocycles. The first kappa shape index (κ1) is 19.5. The lowest BCUT2D eigenvalue weighted by Crippen LogP contribution is -2.40. The quantitative estimate of drug-likeness (QED) is 0.629. The molecule has 2 heterocycles. The molecule has 1 saturated carbocycles. The molecule has 0 bridgehead atoms. The highest BCUT2D eigenvalue weighted by molar-refractivity contribution is 7.89. The van der Waals surface area contributed by atoms with Crippen molar-refractivity contribution < 1.29 is 17.3 Å². The lowest BCUT2D eigenvalue weighted by molar-refractivity contribution is 0.369. The number of hydrogen-bond acceptors (Lipinski definition) is 6. The Kier molecular flexibility index (Phi) is 4.46. The highest BCUT2D eigenvalue weighted by Gasteiger charge is 2.46. The molecule has 0 spiro atoms. The van der Waals surface area contributed by atoms with Crippen LogP contribution in [0.3, 0.4) is 0 Å². The van der Waals surface area contributed by atoms with E-state index < -0.39 is 33.5 Å². The summed E-state index contributed by atoms with van der Waals surface area (Å²) < 4.78 is 48.1. The zero-order chi connectivity index (χ0) is 21.0. The third-order valence-corrected chi connectivity index (χ3v) is 6.66. The van der Waals surface area contributed by atoms with Gasteiger partial charge >= 0.3 is 5.69 Å². The standard InChI is InChI=1S/C18H19FN4O5S/c1-11-7-12(28-20-11)9-23-16(24)14-8-13(3-4-15(14)22(2)17(23)25)29(26,27)21-18(10-19)5-6-18/h3-4,7-8,21H,5-6,9-10H2,1-2H3. The molecule has 29 heavy (non-hydrogen) atoms. The Bertz CT molecular complexity index is 1330. The van der Waals surface area contributed by atoms with E-state index in [2.05, 4.69) is 9.88 Å². The molecule has 1 aliphatic carbocycles. The summed E-state index contributed by atoms with van der Waals surface area (Å²) in [6.07, 6.45) is 0.850. The highest BCUT2D eigenvalue weighted by Crippen LogP contribution is 2.37. The number of nitrogens with one attached hydrogen (secondary N) is 1. The first-order valence-corrected chi connectivity index (χ1v) is 10.4. The predicted molar refractivity (Wildman–Crippen MR) is 102 cm³/mol. The van der Waals surface area contributed by atoms with Crippen LogP contribution in [-0.4, -0.2) is 34.9 Å². The Labute approximate surface area is 164 Å². The number of nitrogens with zero attached hydrogens (tertiary/aromatic N) is 3. The summed E-state index contributed by atoms with van der Waals surface area (Å²) in [5.74, 6) is 0.324. The fourth-order valence-corrected chi connectivity index (χ4v) is 4.67. The summed E-state index contributed by atoms with van der Waals surface area (Å²) in [5.41, 5.74) is -1.38. The van der Waals surface area contributed by atoms with Crippen LogP contribution in [0.15, 0.2) is 43.3 Å². The van der Waals surface area contributed by atoms with Crippen molar-refractivity contribution in [1.29, 1.82) is 0 Å². The molecule has 0 amide bonds. The monoisotopic (exact) mass is 422 g/mol. The smallest absolute Gasteiger partial charge is 0.331 e. The maximum Gasteiger partial charge on any atom is 0.331 e. The lowest BCUT2D eigenvalue weighted by Gasteiger charge is -2.15. The first-order chi connectivity index (χ1) is 13.7. The molecule has 0 radical (unpaired) electrons. The molecule has 0 aliphatic heterocycles. The Morgan fingerprint density at radius 3 is 2.59 bits per heavy atom. The van der Waals surface area contributed by atoms with Crippen LogP contribution in [0.5, 0.6) is 0 Å². The van der Waals surface area contributed by atoms with Crippen molar-refractivity contribution in [2.24, 2.45) is 7.05 Å². The van der Waals surface area contributed by atoms with Crippen molar-refractivity contribution >= 4 is 20.9 Å². The number of rotatable bonds is 6. The maximum atomic E-state index is 13.1. The molecule has 3 aromatic rings. The van der Waals surface area contributed by atoms with Gasteiger partial charge in [-0.3, -0.25) is 13.9 Å². The minimum Gasteiger partial charge on any atom is -0.359 e. The highest BCUT2D eigenvalue weighted by atomic mass is 32.2. The van der Waals surface area contributed by atoms with E-state index in [4.69, 9.17) is 4.52 Å². The van der Waals surface area contributed by atoms with Crippen LogP contribution in [0.1, 0.15) is 24.3 Å². The number of alkyl halides is 1. The maximum absolute atomic E-state index is 13.1. The summed E-state index contributed by atoms with van der Waals surface area (Å²) in [7, 11) is -2.53. The lowest BCUT2D eigenvalue weighted by atomic mass is 10.2. The van der Waals surface area contributed by atoms with E-state index in [1.165, 1.54) is 29.8 Å². The normalized spacial score (nSPS) is 15.7. The molecule has 1 aliphatic rings. The van der Waals surface area contributed by atoms with E-state index in [1.807, 2.05) is 0 Å². The fraction of sp³-hybridized carbons (Fsp3) is 0.389. The summed E-state index contributed by atoms with van der Waals surface area (Å²) >= 11 is 0. The molecule has 0 saturated heterocycles. The summed E-state index contributed by atoms with van der Waals surface area (Å²) in [6.45, 7) is 0.780. The van der Waals surface area contributed by atoms with Gasteiger partial charge in [0.1, 0.15) is 6.67 Å². The van der Waals surface area contributed by atoms with Gasteiger partial charge in [-0.1, -0.05) is 5.16 Å². The van der Waals surface area contributed by atoms with E-state index in [1.54, 1.807) is 13.0 Å². The van der Waals surface area contributed by atoms with E-state index in [9.17, 15) is 22.4 Å². The van der Waals surface area contributed by atoms with Gasteiger partial charge in [0.25, 0.3) is 5.56 Å². The largest absolute Gasteiger partial charge is 0.359 e. The van der Waals surface area contributed by atoms with Crippen LogP contribution >= 0.6 is 0 Å². The SMILES string of the molecule is Cc1cc(Cn2c(=O)c3cc(S(=O)(=O)NC4(CF)CC4)ccc3n(C)c2=O)on1. The summed E-state index contributed by atoms with van der Waals surface area (Å²) in [6, 6.07) is 5.50. The fourth-order valence-electron chi connectivity index (χ4n) is 3.21. The predicted octanol–water partition coefficient (Wildman–Crippen LogP) is 0.825. The van der Waals surface area contributed by atoms with Gasteiger partial charge in [-0.2, -0.15) is 0 Å². The van der Waals surface area contributed by atoms with Gasteiger partial charge in [-0.15, -0.1) is 0 Å². The zero-order valence-electron chi connectivity index (χ0n) is 15.8. The number of benzene rings is 1. The van der Waals surface area contributed by atoms with Gasteiger partial charge in [0.2, 0.25) is 10.0 Å². The Balaban J connectivity index is 1.83. The summed E-state index contributed by atoms with van der Waals surface area (Å²) in [5, 5.41) is 3.79. The Hall–Kier alpha value is -2.79. The van der Waals surface area contributed by atoms with Crippen LogP contribution in [0, 0.1) is 6.92 Å². The minimum absolute atomic E-state index is 0.0521. The van der Waals surface area contributed by atoms with Crippen molar-refractivity contribution in [2.75, 3.05) is 6.67 Å². The van der Waals surface area contributed by atoms with Crippen molar-refractivity contribution in [3.63, 3.8) is 0 Å². The average Bonchev–Trinajstić information content (AvgIpc) is 3.33. The van der Waals surface area contributed by atoms with Crippen LogP contribution < -0.4 is 16.0 Å². The number of hydrogen-bond donors (Lipinski definition) is 1. The summed E-state index contributed by atoms with van der Waals surface area (Å²) in [4.78, 5) is 25.4. The first-order valence-electron chi connectivity index (χ1n) is 8.91. The third-order valence-electron chi connectivity index (χ3n) is 5.08. The van der Waals surface area contributed by atoms with Gasteiger partial charge in [0.15, 0.2) is 5.76 Å². The molecule has 0 unspecified atom stereocenters. The minimum atomic E-state index is -4.02. The van der Waals surface area contributed by atoms with Crippen molar-refractivity contribution in [1.82, 2.24) is 19.0 Å². The molecule has 154 valence electrons. The van der Waals surface area contributed by atoms with Crippen LogP contribution in [0.25, 0.3) is 10.9 Å². The Morgan fingerprint density at radius 1 is 1.28 bits per heavy atom. The van der Waals surface area contributed by atoms with E-state index in [0.29, 0.717) is 24.3 Å². The van der Waals surface area contributed by atoms with Crippen LogP contribution in [-0.2, 0) is 23.6 Å². The topological polar surface area (TPSA) is 116 Å². The van der Waals surface area contributed by atoms with Gasteiger partial charge in [0.05, 0.1) is 33.6 Å². The molecule has 1 fully saturated rings. The molecule has 0 atom stereocenters. The molecule has 9 nitrogen and oxygen atoms in total. The van der Waals surface area contributed by atoms with Gasteiger partial charge < -0.3 is 4.52 Å². The number of aromatic nitrogens is 3. The molecular formula is C18H19FN4O5S. The van der Waals surface area contributed by atoms with E-state index >= 15 is 0 Å². The zero-order valence-corrected chi connectivity index (χ0v) is 16.6.